The standard InChI is InChI=1S/C28H35ClN4O2/c1-19(2)15-16-32(27(35)23-10-8-7-9-20(23)3)18-26(34)30-25-17-24(28(4,5)6)31-33(25)22-13-11-21(29)12-14-22/h7-14,17,19H,15-16,18H2,1-6H3,(H,30,34). The number of benzene rings is 2. The first-order chi connectivity index (χ1) is 16.5. The summed E-state index contributed by atoms with van der Waals surface area (Å²) in [5.74, 6) is 0.548. The van der Waals surface area contributed by atoms with E-state index >= 15 is 0 Å². The Morgan fingerprint density at radius 3 is 2.34 bits per heavy atom. The van der Waals surface area contributed by atoms with Gasteiger partial charge in [-0.1, -0.05) is 64.4 Å². The first-order valence-electron chi connectivity index (χ1n) is 12.0. The number of carbonyl (C=O) groups excluding carboxylic acids is 2. The zero-order valence-electron chi connectivity index (χ0n) is 21.4. The first-order valence-corrected chi connectivity index (χ1v) is 12.3. The van der Waals surface area contributed by atoms with Crippen LogP contribution in [-0.4, -0.2) is 39.6 Å². The minimum atomic E-state index is -0.272. The Hall–Kier alpha value is -3.12. The third-order valence-electron chi connectivity index (χ3n) is 5.79. The lowest BCUT2D eigenvalue weighted by Gasteiger charge is -2.24. The van der Waals surface area contributed by atoms with Crippen LogP contribution in [0.25, 0.3) is 5.69 Å². The van der Waals surface area contributed by atoms with Crippen molar-refractivity contribution in [2.45, 2.75) is 53.4 Å². The van der Waals surface area contributed by atoms with Gasteiger partial charge in [0.1, 0.15) is 12.4 Å². The molecule has 0 spiro atoms. The second kappa shape index (κ2) is 11.1. The average Bonchev–Trinajstić information content (AvgIpc) is 3.21. The molecular weight excluding hydrogens is 460 g/mol. The van der Waals surface area contributed by atoms with Crippen molar-refractivity contribution in [2.75, 3.05) is 18.4 Å². The molecule has 0 unspecified atom stereocenters. The average molecular weight is 495 g/mol. The zero-order valence-corrected chi connectivity index (χ0v) is 22.2. The van der Waals surface area contributed by atoms with Crippen molar-refractivity contribution in [3.8, 4) is 5.69 Å². The molecule has 0 bridgehead atoms. The first kappa shape index (κ1) is 26.5. The predicted octanol–water partition coefficient (Wildman–Crippen LogP) is 6.26. The summed E-state index contributed by atoms with van der Waals surface area (Å²) in [6.45, 7) is 12.8. The van der Waals surface area contributed by atoms with E-state index in [4.69, 9.17) is 16.7 Å². The monoisotopic (exact) mass is 494 g/mol. The third kappa shape index (κ3) is 6.95. The molecular formula is C28H35ClN4O2. The van der Waals surface area contributed by atoms with Crippen LogP contribution in [0.1, 0.15) is 62.7 Å². The molecule has 2 amide bonds. The van der Waals surface area contributed by atoms with E-state index in [1.807, 2.05) is 49.4 Å². The molecule has 0 saturated heterocycles. The van der Waals surface area contributed by atoms with Crippen LogP contribution in [0.3, 0.4) is 0 Å². The van der Waals surface area contributed by atoms with E-state index in [-0.39, 0.29) is 23.8 Å². The van der Waals surface area contributed by atoms with Gasteiger partial charge < -0.3 is 10.2 Å². The molecule has 0 aliphatic heterocycles. The van der Waals surface area contributed by atoms with E-state index in [0.717, 1.165) is 23.4 Å². The maximum absolute atomic E-state index is 13.3. The molecule has 186 valence electrons. The van der Waals surface area contributed by atoms with Crippen LogP contribution in [0.15, 0.2) is 54.6 Å². The van der Waals surface area contributed by atoms with Crippen LogP contribution >= 0.6 is 11.6 Å². The van der Waals surface area contributed by atoms with E-state index in [9.17, 15) is 9.59 Å². The van der Waals surface area contributed by atoms with Crippen LogP contribution < -0.4 is 5.32 Å². The van der Waals surface area contributed by atoms with Crippen molar-refractivity contribution in [3.05, 3.63) is 76.4 Å². The molecule has 0 saturated carbocycles. The second-order valence-electron chi connectivity index (χ2n) is 10.3. The van der Waals surface area contributed by atoms with Crippen molar-refractivity contribution in [2.24, 2.45) is 5.92 Å². The zero-order chi connectivity index (χ0) is 25.8. The molecule has 3 aromatic rings. The van der Waals surface area contributed by atoms with Crippen LogP contribution in [0.5, 0.6) is 0 Å². The Morgan fingerprint density at radius 1 is 1.09 bits per heavy atom. The molecule has 0 atom stereocenters. The Balaban J connectivity index is 1.87. The Kier molecular flexibility index (Phi) is 8.39. The van der Waals surface area contributed by atoms with Gasteiger partial charge in [-0.15, -0.1) is 0 Å². The van der Waals surface area contributed by atoms with Crippen LogP contribution in [-0.2, 0) is 10.2 Å². The normalized spacial score (nSPS) is 11.5. The Bertz CT molecular complexity index is 1180. The lowest BCUT2D eigenvalue weighted by molar-refractivity contribution is -0.117. The highest BCUT2D eigenvalue weighted by atomic mass is 35.5. The van der Waals surface area contributed by atoms with Crippen molar-refractivity contribution >= 4 is 29.2 Å². The van der Waals surface area contributed by atoms with E-state index in [1.54, 1.807) is 21.7 Å². The number of rotatable bonds is 8. The van der Waals surface area contributed by atoms with Crippen LogP contribution in [0.2, 0.25) is 5.02 Å². The second-order valence-corrected chi connectivity index (χ2v) is 10.8. The van der Waals surface area contributed by atoms with E-state index < -0.39 is 0 Å². The molecule has 1 N–H and O–H groups in total. The molecule has 7 heteroatoms. The fraction of sp³-hybridized carbons (Fsp3) is 0.393. The number of hydrogen-bond acceptors (Lipinski definition) is 3. The highest BCUT2D eigenvalue weighted by Crippen LogP contribution is 2.27. The van der Waals surface area contributed by atoms with Crippen LogP contribution in [0, 0.1) is 12.8 Å². The topological polar surface area (TPSA) is 67.2 Å². The van der Waals surface area contributed by atoms with Gasteiger partial charge >= 0.3 is 0 Å². The summed E-state index contributed by atoms with van der Waals surface area (Å²) < 4.78 is 1.70. The van der Waals surface area contributed by atoms with Crippen molar-refractivity contribution in [1.82, 2.24) is 14.7 Å². The van der Waals surface area contributed by atoms with Gasteiger partial charge in [-0.25, -0.2) is 4.68 Å². The smallest absolute Gasteiger partial charge is 0.254 e. The molecule has 0 aliphatic carbocycles. The van der Waals surface area contributed by atoms with Crippen molar-refractivity contribution in [1.29, 1.82) is 0 Å². The largest absolute Gasteiger partial charge is 0.329 e. The third-order valence-corrected chi connectivity index (χ3v) is 6.04. The van der Waals surface area contributed by atoms with Crippen molar-refractivity contribution < 1.29 is 9.59 Å². The van der Waals surface area contributed by atoms with Gasteiger partial charge in [-0.2, -0.15) is 5.10 Å². The minimum absolute atomic E-state index is 0.0451. The molecule has 6 nitrogen and oxygen atoms in total. The van der Waals surface area contributed by atoms with Gasteiger partial charge in [0.25, 0.3) is 5.91 Å². The highest BCUT2D eigenvalue weighted by molar-refractivity contribution is 6.30. The highest BCUT2D eigenvalue weighted by Gasteiger charge is 2.24. The number of aromatic nitrogens is 2. The summed E-state index contributed by atoms with van der Waals surface area (Å²) in [4.78, 5) is 28.2. The number of amides is 2. The number of carbonyl (C=O) groups is 2. The molecule has 1 aromatic heterocycles. The predicted molar refractivity (Wildman–Crippen MR) is 142 cm³/mol. The SMILES string of the molecule is Cc1ccccc1C(=O)N(CCC(C)C)CC(=O)Nc1cc(C(C)(C)C)nn1-c1ccc(Cl)cc1. The molecule has 35 heavy (non-hydrogen) atoms. The van der Waals surface area contributed by atoms with Gasteiger partial charge in [0, 0.05) is 28.6 Å². The fourth-order valence-electron chi connectivity index (χ4n) is 3.62. The minimum Gasteiger partial charge on any atom is -0.329 e. The van der Waals surface area contributed by atoms with Gasteiger partial charge in [0.05, 0.1) is 11.4 Å². The maximum atomic E-state index is 13.3. The van der Waals surface area contributed by atoms with E-state index in [0.29, 0.717) is 28.9 Å². The van der Waals surface area contributed by atoms with E-state index in [2.05, 4.69) is 39.9 Å². The number of nitrogens with zero attached hydrogens (tertiary/aromatic N) is 3. The number of halogens is 1. The number of anilines is 1. The van der Waals surface area contributed by atoms with Crippen molar-refractivity contribution in [3.63, 3.8) is 0 Å². The maximum Gasteiger partial charge on any atom is 0.254 e. The summed E-state index contributed by atoms with van der Waals surface area (Å²) in [5, 5.41) is 8.36. The van der Waals surface area contributed by atoms with Gasteiger partial charge in [-0.3, -0.25) is 9.59 Å². The number of hydrogen-bond donors (Lipinski definition) is 1. The van der Waals surface area contributed by atoms with Gasteiger partial charge in [0.15, 0.2) is 0 Å². The summed E-state index contributed by atoms with van der Waals surface area (Å²) in [6.07, 6.45) is 0.807. The molecule has 3 rings (SSSR count). The number of aryl methyl sites for hydroxylation is 1. The lowest BCUT2D eigenvalue weighted by Crippen LogP contribution is -2.39. The summed E-state index contributed by atoms with van der Waals surface area (Å²) in [6, 6.07) is 16.6. The Labute approximate surface area is 213 Å². The van der Waals surface area contributed by atoms with Crippen LogP contribution in [0.4, 0.5) is 5.82 Å². The van der Waals surface area contributed by atoms with E-state index in [1.165, 1.54) is 0 Å². The molecule has 0 radical (unpaired) electrons. The Morgan fingerprint density at radius 2 is 1.74 bits per heavy atom. The summed E-state index contributed by atoms with van der Waals surface area (Å²) in [5.41, 5.74) is 2.93. The number of nitrogens with one attached hydrogen (secondary N) is 1. The summed E-state index contributed by atoms with van der Waals surface area (Å²) in [7, 11) is 0. The lowest BCUT2D eigenvalue weighted by atomic mass is 9.92. The molecule has 2 aromatic carbocycles. The molecule has 0 fully saturated rings. The molecule has 1 heterocycles. The molecule has 0 aliphatic rings. The fourth-order valence-corrected chi connectivity index (χ4v) is 3.75. The van der Waals surface area contributed by atoms with Gasteiger partial charge in [-0.05, 0) is 55.2 Å². The van der Waals surface area contributed by atoms with Gasteiger partial charge in [0.2, 0.25) is 5.91 Å². The quantitative estimate of drug-likeness (QED) is 0.402. The summed E-state index contributed by atoms with van der Waals surface area (Å²) >= 11 is 6.06.